The van der Waals surface area contributed by atoms with Crippen LogP contribution in [0.4, 0.5) is 11.4 Å². The minimum absolute atomic E-state index is 0.456. The predicted molar refractivity (Wildman–Crippen MR) is 112 cm³/mol. The Hall–Kier alpha value is -2.77. The third-order valence-corrected chi connectivity index (χ3v) is 4.19. The van der Waals surface area contributed by atoms with Crippen LogP contribution in [0.5, 0.6) is 11.5 Å². The van der Waals surface area contributed by atoms with Gasteiger partial charge in [0.25, 0.3) is 0 Å². The number of halogens is 1. The van der Waals surface area contributed by atoms with Crippen LogP contribution in [0.25, 0.3) is 0 Å². The number of nitrogens with one attached hydrogen (secondary N) is 2. The van der Waals surface area contributed by atoms with Crippen molar-refractivity contribution in [1.82, 2.24) is 9.78 Å². The van der Waals surface area contributed by atoms with Gasteiger partial charge in [0.05, 0.1) is 37.7 Å². The molecule has 6 nitrogen and oxygen atoms in total. The summed E-state index contributed by atoms with van der Waals surface area (Å²) in [4.78, 5) is 0. The van der Waals surface area contributed by atoms with E-state index in [-0.39, 0.29) is 0 Å². The molecular formula is C19H19ClN4O2S. The molecule has 8 heteroatoms. The fourth-order valence-electron chi connectivity index (χ4n) is 2.55. The Morgan fingerprint density at radius 2 is 2.00 bits per heavy atom. The van der Waals surface area contributed by atoms with E-state index in [2.05, 4.69) is 15.7 Å². The third-order valence-electron chi connectivity index (χ3n) is 3.79. The number of anilines is 2. The number of benzene rings is 2. The molecule has 0 bridgehead atoms. The van der Waals surface area contributed by atoms with E-state index >= 15 is 0 Å². The lowest BCUT2D eigenvalue weighted by molar-refractivity contribution is 0.395. The first-order valence-corrected chi connectivity index (χ1v) is 8.93. The first-order chi connectivity index (χ1) is 13.1. The first kappa shape index (κ1) is 19.0. The second-order valence-corrected chi connectivity index (χ2v) is 6.55. The molecule has 0 amide bonds. The quantitative estimate of drug-likeness (QED) is 0.595. The zero-order chi connectivity index (χ0) is 19.2. The Balaban J connectivity index is 1.66. The van der Waals surface area contributed by atoms with Crippen LogP contribution < -0.4 is 20.1 Å². The second kappa shape index (κ2) is 8.75. The maximum absolute atomic E-state index is 5.91. The molecule has 3 aromatic rings. The van der Waals surface area contributed by atoms with E-state index in [4.69, 9.17) is 33.3 Å². The van der Waals surface area contributed by atoms with E-state index in [1.807, 2.05) is 36.4 Å². The van der Waals surface area contributed by atoms with E-state index in [1.54, 1.807) is 37.4 Å². The van der Waals surface area contributed by atoms with E-state index in [9.17, 15) is 0 Å². The summed E-state index contributed by atoms with van der Waals surface area (Å²) in [6.07, 6.45) is 3.40. The van der Waals surface area contributed by atoms with E-state index in [0.29, 0.717) is 28.2 Å². The number of methoxy groups -OCH3 is 2. The summed E-state index contributed by atoms with van der Waals surface area (Å²) in [6.45, 7) is 0.620. The van der Waals surface area contributed by atoms with Crippen LogP contribution in [-0.2, 0) is 6.54 Å². The Labute approximate surface area is 168 Å². The van der Waals surface area contributed by atoms with Gasteiger partial charge in [0, 0.05) is 18.0 Å². The second-order valence-electron chi connectivity index (χ2n) is 5.70. The smallest absolute Gasteiger partial charge is 0.175 e. The van der Waals surface area contributed by atoms with Crippen molar-refractivity contribution in [1.29, 1.82) is 0 Å². The highest BCUT2D eigenvalue weighted by atomic mass is 35.5. The highest BCUT2D eigenvalue weighted by Gasteiger charge is 2.07. The van der Waals surface area contributed by atoms with Crippen LogP contribution in [0.3, 0.4) is 0 Å². The Bertz CT molecular complexity index is 945. The Kier molecular flexibility index (Phi) is 6.16. The molecule has 0 radical (unpaired) electrons. The number of nitrogens with zero attached hydrogens (tertiary/aromatic N) is 2. The van der Waals surface area contributed by atoms with Crippen molar-refractivity contribution in [2.24, 2.45) is 0 Å². The summed E-state index contributed by atoms with van der Waals surface area (Å²) in [5.41, 5.74) is 2.69. The molecule has 0 atom stereocenters. The molecule has 1 aromatic heterocycles. The number of ether oxygens (including phenoxy) is 2. The summed E-state index contributed by atoms with van der Waals surface area (Å²) in [5.74, 6) is 1.35. The first-order valence-electron chi connectivity index (χ1n) is 8.14. The van der Waals surface area contributed by atoms with Crippen molar-refractivity contribution in [3.63, 3.8) is 0 Å². The molecule has 3 rings (SSSR count). The van der Waals surface area contributed by atoms with Crippen LogP contribution in [-0.4, -0.2) is 29.1 Å². The van der Waals surface area contributed by atoms with Gasteiger partial charge in [-0.1, -0.05) is 23.7 Å². The van der Waals surface area contributed by atoms with Crippen LogP contribution in [0.1, 0.15) is 5.56 Å². The highest BCUT2D eigenvalue weighted by molar-refractivity contribution is 7.80. The van der Waals surface area contributed by atoms with Gasteiger partial charge in [0.2, 0.25) is 0 Å². The van der Waals surface area contributed by atoms with Gasteiger partial charge in [-0.2, -0.15) is 5.10 Å². The van der Waals surface area contributed by atoms with Crippen molar-refractivity contribution in [3.8, 4) is 11.5 Å². The normalized spacial score (nSPS) is 10.3. The zero-order valence-corrected chi connectivity index (χ0v) is 16.5. The van der Waals surface area contributed by atoms with Crippen molar-refractivity contribution in [3.05, 3.63) is 65.4 Å². The minimum Gasteiger partial charge on any atom is -0.497 e. The molecule has 27 heavy (non-hydrogen) atoms. The van der Waals surface area contributed by atoms with Crippen molar-refractivity contribution in [2.75, 3.05) is 24.9 Å². The molecule has 140 valence electrons. The summed E-state index contributed by atoms with van der Waals surface area (Å²) in [6, 6.07) is 13.4. The van der Waals surface area contributed by atoms with Crippen LogP contribution >= 0.6 is 23.8 Å². The fourth-order valence-corrected chi connectivity index (χ4v) is 2.93. The number of rotatable bonds is 6. The zero-order valence-electron chi connectivity index (χ0n) is 14.9. The van der Waals surface area contributed by atoms with Crippen LogP contribution in [0, 0.1) is 0 Å². The van der Waals surface area contributed by atoms with E-state index in [0.717, 1.165) is 16.9 Å². The number of hydrogen-bond donors (Lipinski definition) is 2. The van der Waals surface area contributed by atoms with Crippen LogP contribution in [0.15, 0.2) is 54.9 Å². The van der Waals surface area contributed by atoms with E-state index in [1.165, 1.54) is 0 Å². The van der Waals surface area contributed by atoms with Crippen molar-refractivity contribution in [2.45, 2.75) is 6.54 Å². The predicted octanol–water partition coefficient (Wildman–Crippen LogP) is 4.41. The topological polar surface area (TPSA) is 60.3 Å². The van der Waals surface area contributed by atoms with Crippen LogP contribution in [0.2, 0.25) is 5.02 Å². The van der Waals surface area contributed by atoms with Gasteiger partial charge in [0.15, 0.2) is 5.11 Å². The van der Waals surface area contributed by atoms with Crippen molar-refractivity contribution >= 4 is 40.3 Å². The monoisotopic (exact) mass is 402 g/mol. The molecule has 0 saturated carbocycles. The maximum Gasteiger partial charge on any atom is 0.175 e. The summed E-state index contributed by atoms with van der Waals surface area (Å²) in [5, 5.41) is 11.6. The molecule has 0 aliphatic carbocycles. The minimum atomic E-state index is 0.456. The van der Waals surface area contributed by atoms with E-state index < -0.39 is 0 Å². The van der Waals surface area contributed by atoms with Crippen molar-refractivity contribution < 1.29 is 9.47 Å². The maximum atomic E-state index is 5.91. The molecule has 0 aliphatic rings. The van der Waals surface area contributed by atoms with Gasteiger partial charge < -0.3 is 20.1 Å². The number of thiocarbonyl (C=S) groups is 1. The summed E-state index contributed by atoms with van der Waals surface area (Å²) < 4.78 is 12.4. The lowest BCUT2D eigenvalue weighted by atomic mass is 10.2. The number of hydrogen-bond acceptors (Lipinski definition) is 4. The average Bonchev–Trinajstić information content (AvgIpc) is 3.07. The molecular weight excluding hydrogens is 384 g/mol. The molecule has 0 saturated heterocycles. The molecule has 0 spiro atoms. The molecule has 0 unspecified atom stereocenters. The lowest BCUT2D eigenvalue weighted by Crippen LogP contribution is -2.19. The summed E-state index contributed by atoms with van der Waals surface area (Å²) in [7, 11) is 3.21. The Morgan fingerprint density at radius 1 is 1.15 bits per heavy atom. The third kappa shape index (κ3) is 5.12. The highest BCUT2D eigenvalue weighted by Crippen LogP contribution is 2.29. The SMILES string of the molecule is COc1ccc(NC(=S)Nc2cccc(Cn3cc(Cl)cn3)c2)c(OC)c1. The van der Waals surface area contributed by atoms with Gasteiger partial charge in [-0.05, 0) is 42.0 Å². The standard InChI is InChI=1S/C19H19ClN4O2S/c1-25-16-6-7-17(18(9-16)26-2)23-19(27)22-15-5-3-4-13(8-15)11-24-12-14(20)10-21-24/h3-10,12H,11H2,1-2H3,(H2,22,23,27). The van der Waals surface area contributed by atoms with Gasteiger partial charge in [-0.3, -0.25) is 4.68 Å². The largest absolute Gasteiger partial charge is 0.497 e. The number of aromatic nitrogens is 2. The fraction of sp³-hybridized carbons (Fsp3) is 0.158. The molecule has 0 fully saturated rings. The van der Waals surface area contributed by atoms with Gasteiger partial charge in [-0.25, -0.2) is 0 Å². The molecule has 2 N–H and O–H groups in total. The van der Waals surface area contributed by atoms with Gasteiger partial charge in [-0.15, -0.1) is 0 Å². The van der Waals surface area contributed by atoms with Gasteiger partial charge >= 0.3 is 0 Å². The lowest BCUT2D eigenvalue weighted by Gasteiger charge is -2.15. The molecule has 1 heterocycles. The molecule has 2 aromatic carbocycles. The Morgan fingerprint density at radius 3 is 2.70 bits per heavy atom. The average molecular weight is 403 g/mol. The summed E-state index contributed by atoms with van der Waals surface area (Å²) >= 11 is 11.3. The molecule has 0 aliphatic heterocycles. The van der Waals surface area contributed by atoms with Gasteiger partial charge in [0.1, 0.15) is 11.5 Å².